The Bertz CT molecular complexity index is 798. The van der Waals surface area contributed by atoms with E-state index in [0.29, 0.717) is 18.8 Å². The van der Waals surface area contributed by atoms with Gasteiger partial charge in [0.15, 0.2) is 0 Å². The molecular formula is C18H21N3O5. The van der Waals surface area contributed by atoms with Gasteiger partial charge in [-0.15, -0.1) is 0 Å². The maximum absolute atomic E-state index is 12.3. The highest BCUT2D eigenvalue weighted by atomic mass is 16.5. The molecule has 0 bridgehead atoms. The van der Waals surface area contributed by atoms with Crippen LogP contribution >= 0.6 is 0 Å². The Morgan fingerprint density at radius 2 is 2.04 bits per heavy atom. The number of benzene rings is 1. The number of para-hydroxylation sites is 1. The summed E-state index contributed by atoms with van der Waals surface area (Å²) in [5.74, 6) is -0.894. The van der Waals surface area contributed by atoms with E-state index < -0.39 is 23.9 Å². The highest BCUT2D eigenvalue weighted by Gasteiger charge is 2.35. The second kappa shape index (κ2) is 7.57. The number of likely N-dealkylation sites (N-methyl/N-ethyl adjacent to an activating group) is 1. The lowest BCUT2D eigenvalue weighted by atomic mass is 10.2. The fraction of sp³-hybridized carbons (Fsp3) is 0.389. The standard InChI is InChI=1S/C18H21N3O5/c1-3-20-8-9-21(17(23)16(20)22)18(24)19-11-15(25-2)14-10-12-6-4-5-7-13(12)26-14/h4-7,10,15H,3,8-9,11H2,1-2H3,(H,19,24)/t15-/m1/s1. The lowest BCUT2D eigenvalue weighted by Gasteiger charge is -2.31. The number of rotatable bonds is 5. The van der Waals surface area contributed by atoms with Crippen LogP contribution in [-0.4, -0.2) is 60.9 Å². The van der Waals surface area contributed by atoms with Crippen LogP contribution in [-0.2, 0) is 14.3 Å². The highest BCUT2D eigenvalue weighted by molar-refractivity contribution is 6.38. The molecule has 138 valence electrons. The lowest BCUT2D eigenvalue weighted by Crippen LogP contribution is -2.58. The van der Waals surface area contributed by atoms with Gasteiger partial charge in [-0.05, 0) is 19.1 Å². The van der Waals surface area contributed by atoms with Gasteiger partial charge in [-0.1, -0.05) is 18.2 Å². The van der Waals surface area contributed by atoms with Crippen molar-refractivity contribution in [3.8, 4) is 0 Å². The predicted molar refractivity (Wildman–Crippen MR) is 93.3 cm³/mol. The minimum Gasteiger partial charge on any atom is -0.458 e. The van der Waals surface area contributed by atoms with Crippen molar-refractivity contribution in [1.82, 2.24) is 15.1 Å². The first-order valence-electron chi connectivity index (χ1n) is 8.45. The molecule has 0 radical (unpaired) electrons. The van der Waals surface area contributed by atoms with E-state index in [-0.39, 0.29) is 13.1 Å². The summed E-state index contributed by atoms with van der Waals surface area (Å²) < 4.78 is 11.1. The Kier molecular flexibility index (Phi) is 5.22. The van der Waals surface area contributed by atoms with Gasteiger partial charge in [0.25, 0.3) is 0 Å². The van der Waals surface area contributed by atoms with E-state index in [9.17, 15) is 14.4 Å². The lowest BCUT2D eigenvalue weighted by molar-refractivity contribution is -0.153. The summed E-state index contributed by atoms with van der Waals surface area (Å²) in [6.45, 7) is 2.86. The molecular weight excluding hydrogens is 338 g/mol. The van der Waals surface area contributed by atoms with Crippen LogP contribution in [0.15, 0.2) is 34.7 Å². The third-order valence-corrected chi connectivity index (χ3v) is 4.42. The molecule has 1 aliphatic rings. The van der Waals surface area contributed by atoms with Crippen LogP contribution in [0.2, 0.25) is 0 Å². The molecule has 4 amide bonds. The van der Waals surface area contributed by atoms with Crippen LogP contribution in [0.5, 0.6) is 0 Å². The van der Waals surface area contributed by atoms with Gasteiger partial charge in [0, 0.05) is 32.1 Å². The Balaban J connectivity index is 1.64. The summed E-state index contributed by atoms with van der Waals surface area (Å²) >= 11 is 0. The molecule has 3 rings (SSSR count). The van der Waals surface area contributed by atoms with Crippen molar-refractivity contribution < 1.29 is 23.5 Å². The average Bonchev–Trinajstić information content (AvgIpc) is 3.08. The first-order valence-corrected chi connectivity index (χ1v) is 8.45. The number of methoxy groups -OCH3 is 1. The summed E-state index contributed by atoms with van der Waals surface area (Å²) in [6.07, 6.45) is -0.505. The van der Waals surface area contributed by atoms with E-state index in [2.05, 4.69) is 5.32 Å². The van der Waals surface area contributed by atoms with Crippen molar-refractivity contribution in [3.05, 3.63) is 36.1 Å². The van der Waals surface area contributed by atoms with Gasteiger partial charge in [-0.25, -0.2) is 4.79 Å². The van der Waals surface area contributed by atoms with Crippen LogP contribution in [0.1, 0.15) is 18.8 Å². The van der Waals surface area contributed by atoms with E-state index in [1.165, 1.54) is 12.0 Å². The van der Waals surface area contributed by atoms with Crippen LogP contribution in [0.3, 0.4) is 0 Å². The van der Waals surface area contributed by atoms with Crippen molar-refractivity contribution in [3.63, 3.8) is 0 Å². The minimum atomic E-state index is -0.812. The third kappa shape index (κ3) is 3.41. The number of ether oxygens (including phenoxy) is 1. The number of furan rings is 1. The number of imide groups is 1. The van der Waals surface area contributed by atoms with Gasteiger partial charge in [-0.2, -0.15) is 0 Å². The number of urea groups is 1. The molecule has 0 spiro atoms. The molecule has 8 heteroatoms. The largest absolute Gasteiger partial charge is 0.458 e. The topological polar surface area (TPSA) is 92.1 Å². The summed E-state index contributed by atoms with van der Waals surface area (Å²) in [7, 11) is 1.51. The molecule has 26 heavy (non-hydrogen) atoms. The maximum Gasteiger partial charge on any atom is 0.324 e. The average molecular weight is 359 g/mol. The zero-order valence-corrected chi connectivity index (χ0v) is 14.7. The van der Waals surface area contributed by atoms with Crippen LogP contribution in [0.25, 0.3) is 11.0 Å². The Morgan fingerprint density at radius 3 is 2.73 bits per heavy atom. The molecule has 0 unspecified atom stereocenters. The van der Waals surface area contributed by atoms with E-state index in [1.807, 2.05) is 30.3 Å². The number of carbonyl (C=O) groups excluding carboxylic acids is 3. The molecule has 2 aromatic rings. The van der Waals surface area contributed by atoms with Crippen LogP contribution in [0, 0.1) is 0 Å². The van der Waals surface area contributed by atoms with Crippen molar-refractivity contribution in [2.24, 2.45) is 0 Å². The number of piperazine rings is 1. The second-order valence-corrected chi connectivity index (χ2v) is 5.94. The van der Waals surface area contributed by atoms with Gasteiger partial charge in [0.1, 0.15) is 17.4 Å². The van der Waals surface area contributed by atoms with E-state index >= 15 is 0 Å². The van der Waals surface area contributed by atoms with Gasteiger partial charge >= 0.3 is 17.8 Å². The molecule has 0 aliphatic carbocycles. The number of amides is 4. The van der Waals surface area contributed by atoms with Crippen molar-refractivity contribution in [2.75, 3.05) is 33.3 Å². The zero-order valence-electron chi connectivity index (χ0n) is 14.7. The third-order valence-electron chi connectivity index (χ3n) is 4.42. The molecule has 1 atom stereocenters. The molecule has 1 aromatic carbocycles. The fourth-order valence-corrected chi connectivity index (χ4v) is 2.91. The summed E-state index contributed by atoms with van der Waals surface area (Å²) in [5, 5.41) is 3.58. The van der Waals surface area contributed by atoms with Gasteiger partial charge < -0.3 is 19.4 Å². The SMILES string of the molecule is CCN1CCN(C(=O)NC[C@@H](OC)c2cc3ccccc3o2)C(=O)C1=O. The molecule has 1 aromatic heterocycles. The second-order valence-electron chi connectivity index (χ2n) is 5.94. The van der Waals surface area contributed by atoms with E-state index in [0.717, 1.165) is 15.9 Å². The highest BCUT2D eigenvalue weighted by Crippen LogP contribution is 2.25. The Hall–Kier alpha value is -2.87. The number of hydrogen-bond acceptors (Lipinski definition) is 5. The minimum absolute atomic E-state index is 0.116. The number of hydrogen-bond donors (Lipinski definition) is 1. The van der Waals surface area contributed by atoms with Crippen LogP contribution in [0.4, 0.5) is 4.79 Å². The molecule has 2 heterocycles. The van der Waals surface area contributed by atoms with E-state index in [1.54, 1.807) is 6.92 Å². The quantitative estimate of drug-likeness (QED) is 0.817. The van der Waals surface area contributed by atoms with Gasteiger partial charge in [0.2, 0.25) is 0 Å². The van der Waals surface area contributed by atoms with E-state index in [4.69, 9.17) is 9.15 Å². The number of fused-ring (bicyclic) bond motifs is 1. The molecule has 1 saturated heterocycles. The summed E-state index contributed by atoms with van der Waals surface area (Å²) in [4.78, 5) is 38.6. The summed E-state index contributed by atoms with van der Waals surface area (Å²) in [6, 6.07) is 8.79. The number of nitrogens with one attached hydrogen (secondary N) is 1. The molecule has 1 fully saturated rings. The molecule has 0 saturated carbocycles. The number of nitrogens with zero attached hydrogens (tertiary/aromatic N) is 2. The molecule has 1 aliphatic heterocycles. The molecule has 8 nitrogen and oxygen atoms in total. The smallest absolute Gasteiger partial charge is 0.324 e. The van der Waals surface area contributed by atoms with Gasteiger partial charge in [-0.3, -0.25) is 14.5 Å². The van der Waals surface area contributed by atoms with Crippen LogP contribution < -0.4 is 5.32 Å². The molecule has 1 N–H and O–H groups in total. The Labute approximate surface area is 150 Å². The first-order chi connectivity index (χ1) is 12.5. The van der Waals surface area contributed by atoms with Gasteiger partial charge in [0.05, 0.1) is 6.54 Å². The number of carbonyl (C=O) groups is 3. The van der Waals surface area contributed by atoms with Crippen molar-refractivity contribution in [1.29, 1.82) is 0 Å². The zero-order chi connectivity index (χ0) is 18.7. The summed E-state index contributed by atoms with van der Waals surface area (Å²) in [5.41, 5.74) is 0.729. The van der Waals surface area contributed by atoms with Crippen molar-refractivity contribution in [2.45, 2.75) is 13.0 Å². The monoisotopic (exact) mass is 359 g/mol. The predicted octanol–water partition coefficient (Wildman–Crippen LogP) is 1.52. The van der Waals surface area contributed by atoms with Crippen molar-refractivity contribution >= 4 is 28.8 Å². The fourth-order valence-electron chi connectivity index (χ4n) is 2.91. The maximum atomic E-state index is 12.3. The first kappa shape index (κ1) is 17.9. The Morgan fingerprint density at radius 1 is 1.27 bits per heavy atom. The normalized spacial score (nSPS) is 16.2.